The van der Waals surface area contributed by atoms with Crippen molar-refractivity contribution in [3.05, 3.63) is 35.6 Å². The molecule has 0 spiro atoms. The highest BCUT2D eigenvalue weighted by Gasteiger charge is 1.99. The number of halogens is 2. The lowest BCUT2D eigenvalue weighted by Gasteiger charge is -2.05. The monoisotopic (exact) mass is 316 g/mol. The average Bonchev–Trinajstić information content (AvgIpc) is 2.39. The van der Waals surface area contributed by atoms with Crippen molar-refractivity contribution in [3.63, 3.8) is 0 Å². The highest BCUT2D eigenvalue weighted by Crippen LogP contribution is 2.09. The summed E-state index contributed by atoms with van der Waals surface area (Å²) in [5.41, 5.74) is 0.790. The van der Waals surface area contributed by atoms with Crippen LogP contribution in [0.5, 0.6) is 0 Å². The van der Waals surface area contributed by atoms with Crippen LogP contribution in [-0.2, 0) is 11.2 Å². The Bertz CT molecular complexity index is 317. The van der Waals surface area contributed by atoms with Crippen LogP contribution in [0.4, 0.5) is 4.39 Å². The molecule has 0 aliphatic rings. The number of aryl methyl sites for hydroxylation is 1. The molecule has 0 heterocycles. The lowest BCUT2D eigenvalue weighted by molar-refractivity contribution is 0.127. The highest BCUT2D eigenvalue weighted by molar-refractivity contribution is 9.09. The van der Waals surface area contributed by atoms with E-state index in [4.69, 9.17) is 4.74 Å². The van der Waals surface area contributed by atoms with Crippen LogP contribution >= 0.6 is 15.9 Å². The highest BCUT2D eigenvalue weighted by atomic mass is 79.9. The van der Waals surface area contributed by atoms with Crippen molar-refractivity contribution in [2.45, 2.75) is 38.5 Å². The van der Waals surface area contributed by atoms with E-state index in [1.807, 2.05) is 12.1 Å². The molecule has 0 aliphatic carbocycles. The molecule has 3 heteroatoms. The molecule has 0 aliphatic heterocycles. The number of unbranched alkanes of at least 4 members (excludes halogenated alkanes) is 3. The van der Waals surface area contributed by atoms with Crippen LogP contribution in [-0.4, -0.2) is 18.5 Å². The summed E-state index contributed by atoms with van der Waals surface area (Å²) >= 11 is 3.42. The van der Waals surface area contributed by atoms with E-state index in [9.17, 15) is 4.39 Å². The second-order valence-electron chi connectivity index (χ2n) is 4.41. The van der Waals surface area contributed by atoms with Crippen molar-refractivity contribution in [3.8, 4) is 0 Å². The van der Waals surface area contributed by atoms with Gasteiger partial charge in [-0.2, -0.15) is 0 Å². The minimum absolute atomic E-state index is 0.104. The standard InChI is InChI=1S/C15H22BrFO/c16-11-5-1-2-6-12-18-13-7-9-14-8-3-4-10-15(14)17/h3-4,8,10H,1-2,5-7,9,11-13H2. The first-order chi connectivity index (χ1) is 8.84. The fraction of sp³-hybridized carbons (Fsp3) is 0.600. The Morgan fingerprint density at radius 2 is 1.67 bits per heavy atom. The SMILES string of the molecule is Fc1ccccc1CCCOCCCCCCBr. The lowest BCUT2D eigenvalue weighted by atomic mass is 10.1. The van der Waals surface area contributed by atoms with Crippen LogP contribution in [0, 0.1) is 5.82 Å². The Morgan fingerprint density at radius 3 is 2.44 bits per heavy atom. The third-order valence-corrected chi connectivity index (χ3v) is 3.43. The van der Waals surface area contributed by atoms with Gasteiger partial charge in [0.2, 0.25) is 0 Å². The van der Waals surface area contributed by atoms with Gasteiger partial charge in [-0.05, 0) is 37.3 Å². The van der Waals surface area contributed by atoms with E-state index < -0.39 is 0 Å². The maximum atomic E-state index is 13.3. The lowest BCUT2D eigenvalue weighted by Crippen LogP contribution is -2.00. The minimum atomic E-state index is -0.104. The van der Waals surface area contributed by atoms with Crippen molar-refractivity contribution in [1.82, 2.24) is 0 Å². The zero-order valence-corrected chi connectivity index (χ0v) is 12.4. The van der Waals surface area contributed by atoms with Gasteiger partial charge in [0.05, 0.1) is 0 Å². The fourth-order valence-electron chi connectivity index (χ4n) is 1.82. The zero-order chi connectivity index (χ0) is 13.1. The Balaban J connectivity index is 1.94. The predicted molar refractivity (Wildman–Crippen MR) is 77.8 cm³/mol. The zero-order valence-electron chi connectivity index (χ0n) is 10.8. The average molecular weight is 317 g/mol. The van der Waals surface area contributed by atoms with Gasteiger partial charge in [-0.1, -0.05) is 47.0 Å². The molecule has 1 rings (SSSR count). The predicted octanol–water partition coefficient (Wildman–Crippen LogP) is 4.73. The first-order valence-corrected chi connectivity index (χ1v) is 7.84. The van der Waals surface area contributed by atoms with Crippen molar-refractivity contribution >= 4 is 15.9 Å². The molecule has 1 nitrogen and oxygen atoms in total. The first-order valence-electron chi connectivity index (χ1n) is 6.71. The molecule has 0 bridgehead atoms. The number of benzene rings is 1. The van der Waals surface area contributed by atoms with Crippen molar-refractivity contribution in [1.29, 1.82) is 0 Å². The third kappa shape index (κ3) is 7.12. The van der Waals surface area contributed by atoms with Gasteiger partial charge < -0.3 is 4.74 Å². The molecule has 0 fully saturated rings. The number of ether oxygens (including phenoxy) is 1. The van der Waals surface area contributed by atoms with Crippen LogP contribution in [0.2, 0.25) is 0 Å². The molecular weight excluding hydrogens is 295 g/mol. The minimum Gasteiger partial charge on any atom is -0.381 e. The quantitative estimate of drug-likeness (QED) is 0.448. The van der Waals surface area contributed by atoms with E-state index in [-0.39, 0.29) is 5.82 Å². The van der Waals surface area contributed by atoms with Gasteiger partial charge in [-0.15, -0.1) is 0 Å². The molecule has 1 aromatic rings. The van der Waals surface area contributed by atoms with Crippen molar-refractivity contribution in [2.75, 3.05) is 18.5 Å². The van der Waals surface area contributed by atoms with Gasteiger partial charge >= 0.3 is 0 Å². The molecule has 0 amide bonds. The number of rotatable bonds is 10. The largest absolute Gasteiger partial charge is 0.381 e. The van der Waals surface area contributed by atoms with Crippen LogP contribution in [0.15, 0.2) is 24.3 Å². The molecule has 0 saturated heterocycles. The molecule has 18 heavy (non-hydrogen) atoms. The number of alkyl halides is 1. The van der Waals surface area contributed by atoms with Crippen LogP contribution in [0.25, 0.3) is 0 Å². The Hall–Kier alpha value is -0.410. The van der Waals surface area contributed by atoms with Gasteiger partial charge in [0, 0.05) is 18.5 Å². The van der Waals surface area contributed by atoms with Crippen LogP contribution < -0.4 is 0 Å². The number of hydrogen-bond donors (Lipinski definition) is 0. The van der Waals surface area contributed by atoms with Crippen molar-refractivity contribution in [2.24, 2.45) is 0 Å². The van der Waals surface area contributed by atoms with Crippen molar-refractivity contribution < 1.29 is 9.13 Å². The summed E-state index contributed by atoms with van der Waals surface area (Å²) in [6.45, 7) is 1.56. The maximum absolute atomic E-state index is 13.3. The molecule has 0 unspecified atom stereocenters. The summed E-state index contributed by atoms with van der Waals surface area (Å²) in [6.07, 6.45) is 6.53. The summed E-state index contributed by atoms with van der Waals surface area (Å²) in [5.74, 6) is -0.104. The molecule has 0 atom stereocenters. The van der Waals surface area contributed by atoms with E-state index in [2.05, 4.69) is 15.9 Å². The Morgan fingerprint density at radius 1 is 0.944 bits per heavy atom. The third-order valence-electron chi connectivity index (χ3n) is 2.86. The molecule has 0 saturated carbocycles. The smallest absolute Gasteiger partial charge is 0.126 e. The number of hydrogen-bond acceptors (Lipinski definition) is 1. The summed E-state index contributed by atoms with van der Waals surface area (Å²) in [6, 6.07) is 6.96. The van der Waals surface area contributed by atoms with E-state index in [1.54, 1.807) is 6.07 Å². The fourth-order valence-corrected chi connectivity index (χ4v) is 2.22. The molecule has 0 radical (unpaired) electrons. The summed E-state index contributed by atoms with van der Waals surface area (Å²) in [7, 11) is 0. The topological polar surface area (TPSA) is 9.23 Å². The van der Waals surface area contributed by atoms with Gasteiger partial charge in [-0.3, -0.25) is 0 Å². The van der Waals surface area contributed by atoms with E-state index >= 15 is 0 Å². The second-order valence-corrected chi connectivity index (χ2v) is 5.20. The van der Waals surface area contributed by atoms with E-state index in [1.165, 1.54) is 25.3 Å². The van der Waals surface area contributed by atoms with E-state index in [0.29, 0.717) is 0 Å². The molecule has 102 valence electrons. The van der Waals surface area contributed by atoms with Crippen LogP contribution in [0.1, 0.15) is 37.7 Å². The Kier molecular flexibility index (Phi) is 9.13. The first kappa shape index (κ1) is 15.6. The van der Waals surface area contributed by atoms with Gasteiger partial charge in [0.1, 0.15) is 5.82 Å². The normalized spacial score (nSPS) is 10.8. The molecule has 0 aromatic heterocycles. The maximum Gasteiger partial charge on any atom is 0.126 e. The molecule has 0 N–H and O–H groups in total. The van der Waals surface area contributed by atoms with E-state index in [0.717, 1.165) is 43.4 Å². The summed E-state index contributed by atoms with van der Waals surface area (Å²) < 4.78 is 18.8. The summed E-state index contributed by atoms with van der Waals surface area (Å²) in [4.78, 5) is 0. The van der Waals surface area contributed by atoms with Crippen LogP contribution in [0.3, 0.4) is 0 Å². The second kappa shape index (κ2) is 10.5. The molecule has 1 aromatic carbocycles. The molecular formula is C15H22BrFO. The van der Waals surface area contributed by atoms with Gasteiger partial charge in [0.25, 0.3) is 0 Å². The van der Waals surface area contributed by atoms with Gasteiger partial charge in [0.15, 0.2) is 0 Å². The Labute approximate surface area is 118 Å². The van der Waals surface area contributed by atoms with Gasteiger partial charge in [-0.25, -0.2) is 4.39 Å². The summed E-state index contributed by atoms with van der Waals surface area (Å²) in [5, 5.41) is 1.09.